The molecule has 4 rings (SSSR count). The van der Waals surface area contributed by atoms with Crippen LogP contribution in [0, 0.1) is 27.7 Å². The maximum absolute atomic E-state index is 13.0. The van der Waals surface area contributed by atoms with Gasteiger partial charge < -0.3 is 5.32 Å². The number of aromatic nitrogens is 3. The number of amides is 1. The van der Waals surface area contributed by atoms with Crippen LogP contribution in [0.15, 0.2) is 60.7 Å². The fraction of sp³-hybridized carbons (Fsp3) is 0.160. The number of nitrogens with zero attached hydrogens (tertiary/aromatic N) is 3. The summed E-state index contributed by atoms with van der Waals surface area (Å²) in [6.07, 6.45) is 0. The van der Waals surface area contributed by atoms with Crippen LogP contribution in [0.4, 0.5) is 5.69 Å². The van der Waals surface area contributed by atoms with Gasteiger partial charge in [-0.25, -0.2) is 9.67 Å². The normalized spacial score (nSPS) is 10.9. The monoisotopic (exact) mass is 430 g/mol. The van der Waals surface area contributed by atoms with Gasteiger partial charge in [-0.15, -0.1) is 5.10 Å². The van der Waals surface area contributed by atoms with Crippen molar-refractivity contribution in [3.8, 4) is 17.1 Å². The molecule has 0 spiro atoms. The zero-order chi connectivity index (χ0) is 22.1. The smallest absolute Gasteiger partial charge is 0.295 e. The Morgan fingerprint density at radius 3 is 2.39 bits per heavy atom. The lowest BCUT2D eigenvalue weighted by atomic mass is 10.1. The molecule has 1 amide bonds. The highest BCUT2D eigenvalue weighted by Gasteiger charge is 2.20. The third-order valence-electron chi connectivity index (χ3n) is 5.23. The van der Waals surface area contributed by atoms with Crippen LogP contribution < -0.4 is 5.32 Å². The van der Waals surface area contributed by atoms with Crippen molar-refractivity contribution in [2.75, 3.05) is 5.32 Å². The van der Waals surface area contributed by atoms with Gasteiger partial charge in [-0.05, 0) is 62.6 Å². The zero-order valence-electron chi connectivity index (χ0n) is 17.9. The third kappa shape index (κ3) is 4.23. The van der Waals surface area contributed by atoms with E-state index >= 15 is 0 Å². The van der Waals surface area contributed by atoms with Crippen LogP contribution in [0.5, 0.6) is 0 Å². The van der Waals surface area contributed by atoms with Crippen molar-refractivity contribution in [1.82, 2.24) is 14.8 Å². The van der Waals surface area contributed by atoms with Gasteiger partial charge in [0.15, 0.2) is 5.82 Å². The lowest BCUT2D eigenvalue weighted by Crippen LogP contribution is -2.15. The van der Waals surface area contributed by atoms with Crippen molar-refractivity contribution in [3.05, 3.63) is 93.8 Å². The molecule has 0 saturated heterocycles. The van der Waals surface area contributed by atoms with Crippen molar-refractivity contribution >= 4 is 23.2 Å². The molecule has 3 aromatic carbocycles. The van der Waals surface area contributed by atoms with Crippen molar-refractivity contribution in [2.45, 2.75) is 27.7 Å². The molecule has 0 bridgehead atoms. The molecule has 31 heavy (non-hydrogen) atoms. The second-order valence-electron chi connectivity index (χ2n) is 7.69. The number of hydrogen-bond acceptors (Lipinski definition) is 3. The summed E-state index contributed by atoms with van der Waals surface area (Å²) in [4.78, 5) is 17.6. The fourth-order valence-electron chi connectivity index (χ4n) is 3.33. The summed E-state index contributed by atoms with van der Waals surface area (Å²) in [7, 11) is 0. The maximum atomic E-state index is 13.0. The van der Waals surface area contributed by atoms with Crippen LogP contribution in [0.25, 0.3) is 17.1 Å². The molecule has 6 heteroatoms. The summed E-state index contributed by atoms with van der Waals surface area (Å²) in [6, 6.07) is 19.6. The van der Waals surface area contributed by atoms with E-state index in [1.807, 2.05) is 70.2 Å². The molecule has 156 valence electrons. The van der Waals surface area contributed by atoms with Gasteiger partial charge in [0, 0.05) is 16.3 Å². The minimum absolute atomic E-state index is 0.0934. The number of rotatable bonds is 4. The average Bonchev–Trinajstić information content (AvgIpc) is 3.19. The van der Waals surface area contributed by atoms with E-state index in [9.17, 15) is 4.79 Å². The molecule has 1 aromatic heterocycles. The largest absolute Gasteiger partial charge is 0.319 e. The Balaban J connectivity index is 1.81. The first-order valence-electron chi connectivity index (χ1n) is 10.0. The highest BCUT2D eigenvalue weighted by atomic mass is 35.5. The molecule has 0 aliphatic heterocycles. The molecular formula is C25H23ClN4O. The van der Waals surface area contributed by atoms with Crippen molar-refractivity contribution in [1.29, 1.82) is 0 Å². The molecule has 0 aliphatic carbocycles. The van der Waals surface area contributed by atoms with Crippen LogP contribution in [0.1, 0.15) is 32.9 Å². The standard InChI is InChI=1S/C25H23ClN4O/c1-15-9-12-19(13-10-15)24-28-23(25(31)27-21-7-5-6-20(26)18(21)4)29-30(24)22-14-16(2)8-11-17(22)3/h5-14H,1-4H3,(H,27,31). The molecule has 0 fully saturated rings. The SMILES string of the molecule is Cc1ccc(-c2nc(C(=O)Nc3cccc(Cl)c3C)nn2-c2cc(C)ccc2C)cc1. The topological polar surface area (TPSA) is 59.8 Å². The number of carbonyl (C=O) groups excluding carboxylic acids is 1. The van der Waals surface area contributed by atoms with Crippen LogP contribution >= 0.6 is 11.6 Å². The summed E-state index contributed by atoms with van der Waals surface area (Å²) in [5, 5.41) is 8.06. The van der Waals surface area contributed by atoms with E-state index in [0.29, 0.717) is 16.5 Å². The minimum atomic E-state index is -0.386. The van der Waals surface area contributed by atoms with E-state index in [1.54, 1.807) is 16.8 Å². The zero-order valence-corrected chi connectivity index (χ0v) is 18.7. The van der Waals surface area contributed by atoms with E-state index in [4.69, 9.17) is 11.6 Å². The number of hydrogen-bond donors (Lipinski definition) is 1. The lowest BCUT2D eigenvalue weighted by molar-refractivity contribution is 0.101. The predicted molar refractivity (Wildman–Crippen MR) is 125 cm³/mol. The number of halogens is 1. The Hall–Kier alpha value is -3.44. The second-order valence-corrected chi connectivity index (χ2v) is 8.10. The summed E-state index contributed by atoms with van der Waals surface area (Å²) in [5.74, 6) is 0.320. The summed E-state index contributed by atoms with van der Waals surface area (Å²) in [6.45, 7) is 7.94. The van der Waals surface area contributed by atoms with Gasteiger partial charge in [0.05, 0.1) is 5.69 Å². The number of aryl methyl sites for hydroxylation is 3. The molecule has 5 nitrogen and oxygen atoms in total. The molecule has 0 unspecified atom stereocenters. The van der Waals surface area contributed by atoms with Crippen molar-refractivity contribution in [2.24, 2.45) is 0 Å². The molecular weight excluding hydrogens is 408 g/mol. The van der Waals surface area contributed by atoms with E-state index in [2.05, 4.69) is 21.5 Å². The quantitative estimate of drug-likeness (QED) is 0.427. The van der Waals surface area contributed by atoms with Gasteiger partial charge in [-0.3, -0.25) is 4.79 Å². The second kappa shape index (κ2) is 8.36. The maximum Gasteiger partial charge on any atom is 0.295 e. The predicted octanol–water partition coefficient (Wildman–Crippen LogP) is 6.07. The van der Waals surface area contributed by atoms with E-state index < -0.39 is 0 Å². The van der Waals surface area contributed by atoms with Crippen LogP contribution in [0.3, 0.4) is 0 Å². The number of anilines is 1. The molecule has 0 saturated carbocycles. The lowest BCUT2D eigenvalue weighted by Gasteiger charge is -2.10. The highest BCUT2D eigenvalue weighted by Crippen LogP contribution is 2.26. The Morgan fingerprint density at radius 2 is 1.65 bits per heavy atom. The third-order valence-corrected chi connectivity index (χ3v) is 5.64. The number of benzene rings is 3. The molecule has 1 N–H and O–H groups in total. The molecule has 1 heterocycles. The number of carbonyl (C=O) groups is 1. The first-order chi connectivity index (χ1) is 14.8. The van der Waals surface area contributed by atoms with E-state index in [-0.39, 0.29) is 11.7 Å². The van der Waals surface area contributed by atoms with Gasteiger partial charge in [0.1, 0.15) is 0 Å². The van der Waals surface area contributed by atoms with Gasteiger partial charge in [0.25, 0.3) is 5.91 Å². The summed E-state index contributed by atoms with van der Waals surface area (Å²) in [5.41, 5.74) is 6.50. The van der Waals surface area contributed by atoms with Crippen LogP contribution in [-0.2, 0) is 0 Å². The molecule has 4 aromatic rings. The van der Waals surface area contributed by atoms with E-state index in [0.717, 1.165) is 33.5 Å². The molecule has 0 aliphatic rings. The minimum Gasteiger partial charge on any atom is -0.319 e. The van der Waals surface area contributed by atoms with Crippen LogP contribution in [0.2, 0.25) is 5.02 Å². The van der Waals surface area contributed by atoms with Crippen molar-refractivity contribution in [3.63, 3.8) is 0 Å². The van der Waals surface area contributed by atoms with Gasteiger partial charge in [0.2, 0.25) is 5.82 Å². The summed E-state index contributed by atoms with van der Waals surface area (Å²) < 4.78 is 1.74. The number of nitrogens with one attached hydrogen (secondary N) is 1. The Bertz CT molecular complexity index is 1280. The molecule has 0 radical (unpaired) electrons. The van der Waals surface area contributed by atoms with Crippen molar-refractivity contribution < 1.29 is 4.79 Å². The van der Waals surface area contributed by atoms with Gasteiger partial charge in [-0.1, -0.05) is 59.6 Å². The first-order valence-corrected chi connectivity index (χ1v) is 10.4. The molecule has 0 atom stereocenters. The highest BCUT2D eigenvalue weighted by molar-refractivity contribution is 6.31. The average molecular weight is 431 g/mol. The van der Waals surface area contributed by atoms with Gasteiger partial charge >= 0.3 is 0 Å². The first kappa shape index (κ1) is 20.8. The van der Waals surface area contributed by atoms with Crippen LogP contribution in [-0.4, -0.2) is 20.7 Å². The van der Waals surface area contributed by atoms with Gasteiger partial charge in [-0.2, -0.15) is 0 Å². The Labute approximate surface area is 186 Å². The summed E-state index contributed by atoms with van der Waals surface area (Å²) >= 11 is 6.19. The Kier molecular flexibility index (Phi) is 5.61. The van der Waals surface area contributed by atoms with E-state index in [1.165, 1.54) is 0 Å². The fourth-order valence-corrected chi connectivity index (χ4v) is 3.51. The Morgan fingerprint density at radius 1 is 0.935 bits per heavy atom.